The van der Waals surface area contributed by atoms with E-state index >= 15 is 0 Å². The van der Waals surface area contributed by atoms with Gasteiger partial charge in [-0.25, -0.2) is 4.79 Å². The first kappa shape index (κ1) is 17.8. The topological polar surface area (TPSA) is 68.2 Å². The minimum atomic E-state index is -0.138. The number of carbonyl (C=O) groups excluding carboxylic acids is 1. The second-order valence-electron chi connectivity index (χ2n) is 7.02. The van der Waals surface area contributed by atoms with Crippen LogP contribution in [0.15, 0.2) is 12.4 Å². The van der Waals surface area contributed by atoms with Crippen molar-refractivity contribution in [3.63, 3.8) is 0 Å². The number of aromatic nitrogens is 2. The summed E-state index contributed by atoms with van der Waals surface area (Å²) in [6, 6.07) is 0.114. The first-order valence-electron chi connectivity index (χ1n) is 8.58. The number of methoxy groups -OCH3 is 1. The Morgan fingerprint density at radius 2 is 2.26 bits per heavy atom. The molecule has 2 rings (SSSR count). The Labute approximate surface area is 139 Å². The van der Waals surface area contributed by atoms with Crippen LogP contribution in [0.3, 0.4) is 0 Å². The molecule has 1 aliphatic rings. The Balaban J connectivity index is 1.88. The maximum Gasteiger partial charge on any atom is 0.319 e. The van der Waals surface area contributed by atoms with Gasteiger partial charge in [-0.1, -0.05) is 27.2 Å². The molecular weight excluding hydrogens is 292 g/mol. The van der Waals surface area contributed by atoms with Crippen molar-refractivity contribution < 1.29 is 9.53 Å². The molecule has 1 aromatic rings. The monoisotopic (exact) mass is 322 g/mol. The minimum absolute atomic E-state index is 0.138. The lowest BCUT2D eigenvalue weighted by atomic mass is 9.74. The summed E-state index contributed by atoms with van der Waals surface area (Å²) in [4.78, 5) is 12.3. The van der Waals surface area contributed by atoms with Gasteiger partial charge in [0.05, 0.1) is 25.0 Å². The molecule has 6 nitrogen and oxygen atoms in total. The van der Waals surface area contributed by atoms with Crippen LogP contribution in [0.2, 0.25) is 0 Å². The predicted octanol–water partition coefficient (Wildman–Crippen LogP) is 3.11. The molecule has 0 unspecified atom stereocenters. The SMILES string of the molecule is COCCn1cc(NC(=O)N[C@@H]2C[C@H](C)CC[C@@H]2C(C)C)cn1. The zero-order valence-corrected chi connectivity index (χ0v) is 14.7. The number of anilines is 1. The molecule has 1 aromatic heterocycles. The van der Waals surface area contributed by atoms with Crippen molar-refractivity contribution in [2.24, 2.45) is 17.8 Å². The third-order valence-electron chi connectivity index (χ3n) is 4.75. The highest BCUT2D eigenvalue weighted by Gasteiger charge is 2.31. The molecule has 1 aliphatic carbocycles. The van der Waals surface area contributed by atoms with E-state index in [2.05, 4.69) is 36.5 Å². The van der Waals surface area contributed by atoms with Gasteiger partial charge in [0.25, 0.3) is 0 Å². The van der Waals surface area contributed by atoms with Gasteiger partial charge >= 0.3 is 6.03 Å². The molecule has 2 amide bonds. The third kappa shape index (κ3) is 5.23. The summed E-state index contributed by atoms with van der Waals surface area (Å²) in [7, 11) is 1.66. The first-order valence-corrected chi connectivity index (χ1v) is 8.58. The summed E-state index contributed by atoms with van der Waals surface area (Å²) in [5.74, 6) is 1.82. The van der Waals surface area contributed by atoms with E-state index in [0.29, 0.717) is 36.6 Å². The number of carbonyl (C=O) groups is 1. The van der Waals surface area contributed by atoms with Crippen LogP contribution in [-0.4, -0.2) is 35.6 Å². The molecule has 130 valence electrons. The van der Waals surface area contributed by atoms with Crippen LogP contribution in [0.1, 0.15) is 40.0 Å². The van der Waals surface area contributed by atoms with E-state index in [1.165, 1.54) is 12.8 Å². The largest absolute Gasteiger partial charge is 0.383 e. The van der Waals surface area contributed by atoms with E-state index in [0.717, 1.165) is 6.42 Å². The predicted molar refractivity (Wildman–Crippen MR) is 91.4 cm³/mol. The van der Waals surface area contributed by atoms with Gasteiger partial charge in [-0.3, -0.25) is 4.68 Å². The normalized spacial score (nSPS) is 24.7. The number of nitrogens with zero attached hydrogens (tertiary/aromatic N) is 2. The summed E-state index contributed by atoms with van der Waals surface area (Å²) >= 11 is 0. The fourth-order valence-corrected chi connectivity index (χ4v) is 3.44. The maximum absolute atomic E-state index is 12.3. The van der Waals surface area contributed by atoms with E-state index in [4.69, 9.17) is 4.74 Å². The molecule has 1 heterocycles. The third-order valence-corrected chi connectivity index (χ3v) is 4.75. The average Bonchev–Trinajstić information content (AvgIpc) is 2.92. The molecule has 1 fully saturated rings. The lowest BCUT2D eigenvalue weighted by Crippen LogP contribution is -2.47. The number of hydrogen-bond acceptors (Lipinski definition) is 3. The molecule has 0 saturated heterocycles. The molecule has 0 aliphatic heterocycles. The number of amides is 2. The molecule has 1 saturated carbocycles. The Kier molecular flexibility index (Phi) is 6.45. The molecule has 0 bridgehead atoms. The van der Waals surface area contributed by atoms with E-state index in [-0.39, 0.29) is 12.1 Å². The van der Waals surface area contributed by atoms with Crippen LogP contribution in [0.4, 0.5) is 10.5 Å². The Bertz CT molecular complexity index is 501. The standard InChI is InChI=1S/C17H30N4O2/c1-12(2)15-6-5-13(3)9-16(15)20-17(22)19-14-10-18-21(11-14)7-8-23-4/h10-13,15-16H,5-9H2,1-4H3,(H2,19,20,22)/t13-,15-,16-/m1/s1. The van der Waals surface area contributed by atoms with Crippen molar-refractivity contribution in [2.45, 2.75) is 52.6 Å². The van der Waals surface area contributed by atoms with E-state index in [1.54, 1.807) is 18.0 Å². The van der Waals surface area contributed by atoms with Crippen molar-refractivity contribution >= 4 is 11.7 Å². The van der Waals surface area contributed by atoms with Gasteiger partial charge in [-0.15, -0.1) is 0 Å². The zero-order valence-electron chi connectivity index (χ0n) is 14.7. The Hall–Kier alpha value is -1.56. The molecule has 6 heteroatoms. The van der Waals surface area contributed by atoms with Gasteiger partial charge in [0, 0.05) is 19.3 Å². The van der Waals surface area contributed by atoms with Crippen LogP contribution in [0.25, 0.3) is 0 Å². The summed E-state index contributed by atoms with van der Waals surface area (Å²) in [5, 5.41) is 10.3. The van der Waals surface area contributed by atoms with Crippen molar-refractivity contribution in [1.82, 2.24) is 15.1 Å². The molecule has 0 aromatic carbocycles. The van der Waals surface area contributed by atoms with Crippen LogP contribution >= 0.6 is 0 Å². The van der Waals surface area contributed by atoms with Crippen LogP contribution in [0.5, 0.6) is 0 Å². The quantitative estimate of drug-likeness (QED) is 0.845. The number of nitrogens with one attached hydrogen (secondary N) is 2. The van der Waals surface area contributed by atoms with Crippen molar-refractivity contribution in [1.29, 1.82) is 0 Å². The molecule has 2 N–H and O–H groups in total. The Morgan fingerprint density at radius 3 is 2.96 bits per heavy atom. The van der Waals surface area contributed by atoms with Gasteiger partial charge in [0.2, 0.25) is 0 Å². The highest BCUT2D eigenvalue weighted by Crippen LogP contribution is 2.33. The second-order valence-corrected chi connectivity index (χ2v) is 7.02. The van der Waals surface area contributed by atoms with E-state index in [1.807, 2.05) is 6.20 Å². The van der Waals surface area contributed by atoms with Crippen LogP contribution in [-0.2, 0) is 11.3 Å². The minimum Gasteiger partial charge on any atom is -0.383 e. The summed E-state index contributed by atoms with van der Waals surface area (Å²) < 4.78 is 6.78. The molecule has 0 radical (unpaired) electrons. The highest BCUT2D eigenvalue weighted by atomic mass is 16.5. The smallest absolute Gasteiger partial charge is 0.319 e. The summed E-state index contributed by atoms with van der Waals surface area (Å²) in [5.41, 5.74) is 0.712. The van der Waals surface area contributed by atoms with Crippen LogP contribution in [0, 0.1) is 17.8 Å². The van der Waals surface area contributed by atoms with Gasteiger partial charge in [0.15, 0.2) is 0 Å². The highest BCUT2D eigenvalue weighted by molar-refractivity contribution is 5.89. The summed E-state index contributed by atoms with van der Waals surface area (Å²) in [6.45, 7) is 8.03. The molecule has 0 spiro atoms. The number of hydrogen-bond donors (Lipinski definition) is 2. The molecular formula is C17H30N4O2. The number of urea groups is 1. The van der Waals surface area contributed by atoms with Gasteiger partial charge in [-0.2, -0.15) is 5.10 Å². The van der Waals surface area contributed by atoms with Crippen molar-refractivity contribution in [2.75, 3.05) is 19.0 Å². The fraction of sp³-hybridized carbons (Fsp3) is 0.765. The molecule has 3 atom stereocenters. The lowest BCUT2D eigenvalue weighted by Gasteiger charge is -2.37. The number of rotatable bonds is 6. The first-order chi connectivity index (χ1) is 11.0. The van der Waals surface area contributed by atoms with Gasteiger partial charge in [0.1, 0.15) is 0 Å². The average molecular weight is 322 g/mol. The zero-order chi connectivity index (χ0) is 16.8. The van der Waals surface area contributed by atoms with Crippen molar-refractivity contribution in [3.05, 3.63) is 12.4 Å². The van der Waals surface area contributed by atoms with Crippen molar-refractivity contribution in [3.8, 4) is 0 Å². The second kappa shape index (κ2) is 8.34. The van der Waals surface area contributed by atoms with Gasteiger partial charge in [-0.05, 0) is 30.6 Å². The lowest BCUT2D eigenvalue weighted by molar-refractivity contribution is 0.172. The summed E-state index contributed by atoms with van der Waals surface area (Å²) in [6.07, 6.45) is 7.00. The molecule has 23 heavy (non-hydrogen) atoms. The van der Waals surface area contributed by atoms with E-state index < -0.39 is 0 Å². The number of ether oxygens (including phenoxy) is 1. The Morgan fingerprint density at radius 1 is 1.48 bits per heavy atom. The van der Waals surface area contributed by atoms with E-state index in [9.17, 15) is 4.79 Å². The van der Waals surface area contributed by atoms with Crippen LogP contribution < -0.4 is 10.6 Å². The fourth-order valence-electron chi connectivity index (χ4n) is 3.44. The maximum atomic E-state index is 12.3. The van der Waals surface area contributed by atoms with Gasteiger partial charge < -0.3 is 15.4 Å².